The van der Waals surface area contributed by atoms with E-state index in [9.17, 15) is 19.8 Å². The first kappa shape index (κ1) is 21.5. The highest BCUT2D eigenvalue weighted by molar-refractivity contribution is 6.31. The smallest absolute Gasteiger partial charge is 0.261 e. The number of β-amino-alcohol motifs (C(OH)–C–C–N with tert-alkyl or cyclic N) is 1. The predicted octanol–water partition coefficient (Wildman–Crippen LogP) is 2.57. The van der Waals surface area contributed by atoms with Crippen LogP contribution in [-0.4, -0.2) is 63.2 Å². The van der Waals surface area contributed by atoms with Crippen molar-refractivity contribution in [3.63, 3.8) is 0 Å². The molecule has 2 aromatic carbocycles. The average molecular weight is 417 g/mol. The van der Waals surface area contributed by atoms with Crippen LogP contribution < -0.4 is 0 Å². The molecule has 2 N–H and O–H groups in total. The van der Waals surface area contributed by atoms with Crippen molar-refractivity contribution in [3.05, 3.63) is 70.2 Å². The molecule has 0 fully saturated rings. The lowest BCUT2D eigenvalue weighted by Crippen LogP contribution is -2.51. The monoisotopic (exact) mass is 416 g/mol. The molecule has 0 saturated carbocycles. The number of rotatable bonds is 8. The van der Waals surface area contributed by atoms with Crippen LogP contribution in [0, 0.1) is 0 Å². The molecular formula is C22H25ClN2O4. The van der Waals surface area contributed by atoms with Gasteiger partial charge in [0.25, 0.3) is 11.8 Å². The number of fused-ring (bicyclic) bond motifs is 1. The number of carbonyl (C=O) groups is 2. The van der Waals surface area contributed by atoms with Crippen LogP contribution in [0.4, 0.5) is 0 Å². The second-order valence-electron chi connectivity index (χ2n) is 7.86. The number of halogens is 1. The summed E-state index contributed by atoms with van der Waals surface area (Å²) in [6.45, 7) is 4.04. The van der Waals surface area contributed by atoms with Gasteiger partial charge in [0.05, 0.1) is 30.4 Å². The van der Waals surface area contributed by atoms with Crippen LogP contribution in [-0.2, 0) is 6.54 Å². The number of amides is 2. The van der Waals surface area contributed by atoms with Crippen molar-refractivity contribution in [1.82, 2.24) is 9.80 Å². The minimum Gasteiger partial charge on any atom is -0.394 e. The summed E-state index contributed by atoms with van der Waals surface area (Å²) in [5.41, 5.74) is 0.938. The second kappa shape index (κ2) is 8.63. The molecule has 1 heterocycles. The first-order valence-electron chi connectivity index (χ1n) is 9.47. The second-order valence-corrected chi connectivity index (χ2v) is 8.27. The Kier molecular flexibility index (Phi) is 6.39. The van der Waals surface area contributed by atoms with E-state index in [0.717, 1.165) is 10.5 Å². The lowest BCUT2D eigenvalue weighted by Gasteiger charge is -2.39. The zero-order chi connectivity index (χ0) is 21.2. The molecule has 1 atom stereocenters. The molecule has 2 aromatic rings. The Hall–Kier alpha value is -2.25. The van der Waals surface area contributed by atoms with E-state index in [2.05, 4.69) is 0 Å². The van der Waals surface area contributed by atoms with Gasteiger partial charge in [0.1, 0.15) is 0 Å². The van der Waals surface area contributed by atoms with Crippen molar-refractivity contribution in [3.8, 4) is 0 Å². The fourth-order valence-electron chi connectivity index (χ4n) is 3.39. The number of aliphatic hydroxyl groups is 2. The molecule has 0 aromatic heterocycles. The van der Waals surface area contributed by atoms with Crippen molar-refractivity contribution < 1.29 is 19.8 Å². The third-order valence-corrected chi connectivity index (χ3v) is 5.63. The highest BCUT2D eigenvalue weighted by Gasteiger charge is 2.37. The number of imide groups is 1. The number of carbonyl (C=O) groups excluding carboxylic acids is 2. The van der Waals surface area contributed by atoms with Gasteiger partial charge in [0.2, 0.25) is 0 Å². The summed E-state index contributed by atoms with van der Waals surface area (Å²) in [7, 11) is 0. The van der Waals surface area contributed by atoms with Gasteiger partial charge in [-0.1, -0.05) is 41.9 Å². The molecule has 1 aliphatic rings. The fourth-order valence-corrected chi connectivity index (χ4v) is 3.58. The van der Waals surface area contributed by atoms with Crippen LogP contribution in [0.3, 0.4) is 0 Å². The van der Waals surface area contributed by atoms with Gasteiger partial charge in [-0.05, 0) is 37.6 Å². The Morgan fingerprint density at radius 2 is 1.59 bits per heavy atom. The van der Waals surface area contributed by atoms with E-state index in [1.165, 1.54) is 0 Å². The third-order valence-electron chi connectivity index (χ3n) is 5.26. The predicted molar refractivity (Wildman–Crippen MR) is 111 cm³/mol. The Morgan fingerprint density at radius 1 is 1.03 bits per heavy atom. The SMILES string of the molecule is CC(C)(CO)N(Cc1ccccc1Cl)CC(O)CN1C(=O)c2ccccc2C1=O. The molecule has 0 aliphatic carbocycles. The normalized spacial score (nSPS) is 15.2. The lowest BCUT2D eigenvalue weighted by molar-refractivity contribution is 0.00363. The Balaban J connectivity index is 1.74. The molecule has 0 bridgehead atoms. The van der Waals surface area contributed by atoms with Gasteiger partial charge in [-0.3, -0.25) is 19.4 Å². The molecule has 1 unspecified atom stereocenters. The average Bonchev–Trinajstić information content (AvgIpc) is 2.94. The third kappa shape index (κ3) is 4.51. The van der Waals surface area contributed by atoms with Crippen LogP contribution in [0.1, 0.15) is 40.1 Å². The van der Waals surface area contributed by atoms with E-state index in [1.807, 2.05) is 36.9 Å². The number of hydrogen-bond acceptors (Lipinski definition) is 5. The number of nitrogens with zero attached hydrogens (tertiary/aromatic N) is 2. The van der Waals surface area contributed by atoms with Crippen molar-refractivity contribution in [2.75, 3.05) is 19.7 Å². The van der Waals surface area contributed by atoms with Gasteiger partial charge < -0.3 is 10.2 Å². The number of benzene rings is 2. The first-order valence-corrected chi connectivity index (χ1v) is 9.85. The minimum atomic E-state index is -0.981. The van der Waals surface area contributed by atoms with Crippen molar-refractivity contribution in [2.45, 2.75) is 32.0 Å². The van der Waals surface area contributed by atoms with E-state index >= 15 is 0 Å². The van der Waals surface area contributed by atoms with Gasteiger partial charge in [-0.15, -0.1) is 0 Å². The van der Waals surface area contributed by atoms with Gasteiger partial charge in [0, 0.05) is 23.7 Å². The summed E-state index contributed by atoms with van der Waals surface area (Å²) < 4.78 is 0. The molecule has 1 aliphatic heterocycles. The van der Waals surface area contributed by atoms with Gasteiger partial charge in [-0.25, -0.2) is 0 Å². The number of hydrogen-bond donors (Lipinski definition) is 2. The standard InChI is InChI=1S/C22H25ClN2O4/c1-22(2,14-26)24(11-15-7-3-6-10-19(15)23)12-16(27)13-25-20(28)17-8-4-5-9-18(17)21(25)29/h3-10,16,26-27H,11-14H2,1-2H3. The molecule has 6 nitrogen and oxygen atoms in total. The van der Waals surface area contributed by atoms with Crippen LogP contribution in [0.2, 0.25) is 5.02 Å². The van der Waals surface area contributed by atoms with Crippen LogP contribution in [0.15, 0.2) is 48.5 Å². The molecule has 7 heteroatoms. The van der Waals surface area contributed by atoms with Gasteiger partial charge in [-0.2, -0.15) is 0 Å². The minimum absolute atomic E-state index is 0.118. The zero-order valence-electron chi connectivity index (χ0n) is 16.5. The quantitative estimate of drug-likeness (QED) is 0.646. The Labute approximate surface area is 175 Å². The van der Waals surface area contributed by atoms with E-state index in [1.54, 1.807) is 30.3 Å². The highest BCUT2D eigenvalue weighted by atomic mass is 35.5. The van der Waals surface area contributed by atoms with Crippen LogP contribution >= 0.6 is 11.6 Å². The molecule has 0 spiro atoms. The maximum absolute atomic E-state index is 12.5. The van der Waals surface area contributed by atoms with E-state index in [4.69, 9.17) is 11.6 Å². The van der Waals surface area contributed by atoms with Gasteiger partial charge in [0.15, 0.2) is 0 Å². The van der Waals surface area contributed by atoms with Crippen LogP contribution in [0.25, 0.3) is 0 Å². The summed E-state index contributed by atoms with van der Waals surface area (Å²) in [5, 5.41) is 21.1. The summed E-state index contributed by atoms with van der Waals surface area (Å²) >= 11 is 6.28. The first-order chi connectivity index (χ1) is 13.7. The maximum atomic E-state index is 12.5. The summed E-state index contributed by atoms with van der Waals surface area (Å²) in [6, 6.07) is 14.0. The highest BCUT2D eigenvalue weighted by Crippen LogP contribution is 2.25. The fraction of sp³-hybridized carbons (Fsp3) is 0.364. The topological polar surface area (TPSA) is 81.1 Å². The van der Waals surface area contributed by atoms with E-state index in [-0.39, 0.29) is 19.7 Å². The number of aliphatic hydroxyl groups excluding tert-OH is 2. The molecule has 3 rings (SSSR count). The lowest BCUT2D eigenvalue weighted by atomic mass is 10.0. The summed E-state index contributed by atoms with van der Waals surface area (Å²) in [4.78, 5) is 28.1. The molecular weight excluding hydrogens is 392 g/mol. The van der Waals surface area contributed by atoms with E-state index in [0.29, 0.717) is 22.7 Å². The summed E-state index contributed by atoms with van der Waals surface area (Å²) in [6.07, 6.45) is -0.981. The van der Waals surface area contributed by atoms with Crippen molar-refractivity contribution >= 4 is 23.4 Å². The summed E-state index contributed by atoms with van der Waals surface area (Å²) in [5.74, 6) is -0.799. The molecule has 29 heavy (non-hydrogen) atoms. The largest absolute Gasteiger partial charge is 0.394 e. The Morgan fingerprint density at radius 3 is 2.14 bits per heavy atom. The van der Waals surface area contributed by atoms with Crippen molar-refractivity contribution in [2.24, 2.45) is 0 Å². The molecule has 0 radical (unpaired) electrons. The molecule has 154 valence electrons. The van der Waals surface area contributed by atoms with Crippen molar-refractivity contribution in [1.29, 1.82) is 0 Å². The maximum Gasteiger partial charge on any atom is 0.261 e. The molecule has 0 saturated heterocycles. The van der Waals surface area contributed by atoms with Crippen LogP contribution in [0.5, 0.6) is 0 Å². The van der Waals surface area contributed by atoms with E-state index < -0.39 is 23.5 Å². The molecule has 2 amide bonds. The zero-order valence-corrected chi connectivity index (χ0v) is 17.3. The Bertz CT molecular complexity index is 880. The van der Waals surface area contributed by atoms with Gasteiger partial charge >= 0.3 is 0 Å².